The molecule has 0 aromatic heterocycles. The monoisotopic (exact) mass is 491 g/mol. The standard InChI is InChI=1S/C24H33N3O8/c1-16(22(28)26-20-10-5-9-18(20)15-21(26)23(29)30)25-19(12-11-17-7-3-2-4-8-17)24(31)34-13-6-14-35-27(32)33/h2-4,7-8,16,18-21,25H,5-6,9-15H2,1H3,(H,29,30). The fourth-order valence-electron chi connectivity index (χ4n) is 5.12. The third-order valence-corrected chi connectivity index (χ3v) is 6.78. The lowest BCUT2D eigenvalue weighted by molar-refractivity contribution is -0.757. The van der Waals surface area contributed by atoms with Crippen LogP contribution in [0.1, 0.15) is 51.0 Å². The minimum absolute atomic E-state index is 0.0600. The summed E-state index contributed by atoms with van der Waals surface area (Å²) in [6.07, 6.45) is 4.23. The number of hydrogen-bond acceptors (Lipinski definition) is 8. The summed E-state index contributed by atoms with van der Waals surface area (Å²) in [7, 11) is 0. The maximum Gasteiger partial charge on any atom is 0.326 e. The molecule has 2 fully saturated rings. The highest BCUT2D eigenvalue weighted by Crippen LogP contribution is 2.41. The Morgan fingerprint density at radius 1 is 1.23 bits per heavy atom. The smallest absolute Gasteiger partial charge is 0.326 e. The molecule has 5 atom stereocenters. The van der Waals surface area contributed by atoms with Crippen LogP contribution in [-0.4, -0.2) is 70.3 Å². The highest BCUT2D eigenvalue weighted by molar-refractivity contribution is 5.88. The summed E-state index contributed by atoms with van der Waals surface area (Å²) in [5, 5.41) is 22.1. The molecule has 2 aliphatic rings. The molecule has 1 heterocycles. The highest BCUT2D eigenvalue weighted by Gasteiger charge is 2.49. The Hall–Kier alpha value is -3.21. The van der Waals surface area contributed by atoms with Crippen molar-refractivity contribution < 1.29 is 34.2 Å². The number of nitrogens with one attached hydrogen (secondary N) is 1. The number of rotatable bonds is 13. The molecule has 3 rings (SSSR count). The largest absolute Gasteiger partial charge is 0.480 e. The van der Waals surface area contributed by atoms with Crippen LogP contribution in [0.2, 0.25) is 0 Å². The number of fused-ring (bicyclic) bond motifs is 1. The minimum atomic E-state index is -1.00. The molecule has 11 nitrogen and oxygen atoms in total. The Kier molecular flexibility index (Phi) is 9.41. The van der Waals surface area contributed by atoms with E-state index >= 15 is 0 Å². The van der Waals surface area contributed by atoms with Crippen molar-refractivity contribution in [2.24, 2.45) is 5.92 Å². The average Bonchev–Trinajstić information content (AvgIpc) is 3.43. The van der Waals surface area contributed by atoms with Crippen LogP contribution in [0.15, 0.2) is 30.3 Å². The van der Waals surface area contributed by atoms with E-state index in [1.54, 1.807) is 6.92 Å². The molecule has 11 heteroatoms. The van der Waals surface area contributed by atoms with Crippen molar-refractivity contribution in [3.63, 3.8) is 0 Å². The van der Waals surface area contributed by atoms with E-state index in [0.29, 0.717) is 19.3 Å². The van der Waals surface area contributed by atoms with Gasteiger partial charge in [0.15, 0.2) is 0 Å². The fraction of sp³-hybridized carbons (Fsp3) is 0.625. The van der Waals surface area contributed by atoms with Gasteiger partial charge in [-0.05, 0) is 50.5 Å². The molecule has 0 spiro atoms. The molecule has 1 aliphatic heterocycles. The maximum absolute atomic E-state index is 13.4. The lowest BCUT2D eigenvalue weighted by Crippen LogP contribution is -2.55. The number of esters is 1. The van der Waals surface area contributed by atoms with E-state index in [1.165, 1.54) is 4.90 Å². The number of amides is 1. The number of benzene rings is 1. The molecule has 2 N–H and O–H groups in total. The van der Waals surface area contributed by atoms with Crippen LogP contribution < -0.4 is 5.32 Å². The van der Waals surface area contributed by atoms with Gasteiger partial charge in [-0.1, -0.05) is 36.8 Å². The lowest BCUT2D eigenvalue weighted by atomic mass is 10.0. The van der Waals surface area contributed by atoms with Gasteiger partial charge in [0, 0.05) is 12.5 Å². The quantitative estimate of drug-likeness (QED) is 0.183. The fourth-order valence-corrected chi connectivity index (χ4v) is 5.12. The number of ether oxygens (including phenoxy) is 1. The minimum Gasteiger partial charge on any atom is -0.480 e. The van der Waals surface area contributed by atoms with Crippen LogP contribution in [0, 0.1) is 16.0 Å². The number of carboxylic acids is 1. The zero-order valence-electron chi connectivity index (χ0n) is 19.8. The Morgan fingerprint density at radius 3 is 2.66 bits per heavy atom. The van der Waals surface area contributed by atoms with E-state index in [4.69, 9.17) is 4.74 Å². The summed E-state index contributed by atoms with van der Waals surface area (Å²) in [6.45, 7) is 1.39. The van der Waals surface area contributed by atoms with E-state index in [0.717, 1.165) is 24.8 Å². The Morgan fingerprint density at radius 2 is 1.97 bits per heavy atom. The van der Waals surface area contributed by atoms with Crippen molar-refractivity contribution in [2.45, 2.75) is 76.0 Å². The van der Waals surface area contributed by atoms with Crippen molar-refractivity contribution >= 4 is 17.8 Å². The molecule has 0 radical (unpaired) electrons. The van der Waals surface area contributed by atoms with Gasteiger partial charge in [0.25, 0.3) is 5.09 Å². The number of hydrogen-bond donors (Lipinski definition) is 2. The van der Waals surface area contributed by atoms with E-state index < -0.39 is 35.2 Å². The number of likely N-dealkylation sites (tertiary alicyclic amines) is 1. The predicted molar refractivity (Wildman–Crippen MR) is 124 cm³/mol. The van der Waals surface area contributed by atoms with E-state index in [1.807, 2.05) is 30.3 Å². The van der Waals surface area contributed by atoms with Crippen molar-refractivity contribution in [1.82, 2.24) is 10.2 Å². The molecule has 35 heavy (non-hydrogen) atoms. The van der Waals surface area contributed by atoms with Crippen LogP contribution in [0.25, 0.3) is 0 Å². The lowest BCUT2D eigenvalue weighted by Gasteiger charge is -2.32. The summed E-state index contributed by atoms with van der Waals surface area (Å²) in [5.41, 5.74) is 1.02. The van der Waals surface area contributed by atoms with Gasteiger partial charge in [-0.2, -0.15) is 0 Å². The SMILES string of the molecule is CC(NC(CCc1ccccc1)C(=O)OCCCO[N+](=O)[O-])C(=O)N1C(C(=O)O)CC2CCCC21. The zero-order chi connectivity index (χ0) is 25.4. The first-order chi connectivity index (χ1) is 16.8. The predicted octanol–water partition coefficient (Wildman–Crippen LogP) is 1.96. The van der Waals surface area contributed by atoms with Crippen LogP contribution >= 0.6 is 0 Å². The number of carbonyl (C=O) groups is 3. The molecule has 0 bridgehead atoms. The van der Waals surface area contributed by atoms with Crippen LogP contribution in [-0.2, 0) is 30.4 Å². The number of aryl methyl sites for hydroxylation is 1. The molecular weight excluding hydrogens is 458 g/mol. The van der Waals surface area contributed by atoms with E-state index in [9.17, 15) is 29.6 Å². The van der Waals surface area contributed by atoms with Gasteiger partial charge in [0.1, 0.15) is 12.1 Å². The molecule has 1 saturated carbocycles. The van der Waals surface area contributed by atoms with Gasteiger partial charge < -0.3 is 19.6 Å². The summed E-state index contributed by atoms with van der Waals surface area (Å²) < 4.78 is 5.29. The van der Waals surface area contributed by atoms with E-state index in [2.05, 4.69) is 10.2 Å². The Bertz CT molecular complexity index is 896. The summed E-state index contributed by atoms with van der Waals surface area (Å²) in [6, 6.07) is 7.04. The summed E-state index contributed by atoms with van der Waals surface area (Å²) >= 11 is 0. The first kappa shape index (κ1) is 26.4. The van der Waals surface area contributed by atoms with Gasteiger partial charge in [-0.25, -0.2) is 4.79 Å². The third kappa shape index (κ3) is 7.14. The summed E-state index contributed by atoms with van der Waals surface area (Å²) in [5.74, 6) is -1.70. The Balaban J connectivity index is 1.64. The molecule has 1 aromatic carbocycles. The second kappa shape index (κ2) is 12.5. The molecule has 1 saturated heterocycles. The number of nitrogens with zero attached hydrogens (tertiary/aromatic N) is 2. The molecule has 192 valence electrons. The summed E-state index contributed by atoms with van der Waals surface area (Å²) in [4.78, 5) is 54.0. The van der Waals surface area contributed by atoms with Gasteiger partial charge in [-0.15, -0.1) is 10.1 Å². The number of aliphatic carboxylic acids is 1. The molecule has 5 unspecified atom stereocenters. The molecule has 1 aliphatic carbocycles. The first-order valence-corrected chi connectivity index (χ1v) is 12.1. The molecule has 1 amide bonds. The third-order valence-electron chi connectivity index (χ3n) is 6.78. The van der Waals surface area contributed by atoms with Crippen LogP contribution in [0.4, 0.5) is 0 Å². The van der Waals surface area contributed by atoms with Crippen molar-refractivity contribution in [3.05, 3.63) is 46.0 Å². The normalized spacial score (nSPS) is 22.8. The highest BCUT2D eigenvalue weighted by atomic mass is 16.9. The molecule has 1 aromatic rings. The van der Waals surface area contributed by atoms with Crippen LogP contribution in [0.5, 0.6) is 0 Å². The second-order valence-corrected chi connectivity index (χ2v) is 9.14. The van der Waals surface area contributed by atoms with Gasteiger partial charge in [0.2, 0.25) is 5.91 Å². The van der Waals surface area contributed by atoms with Gasteiger partial charge in [0.05, 0.1) is 19.3 Å². The Labute approximate surface area is 203 Å². The maximum atomic E-state index is 13.4. The van der Waals surface area contributed by atoms with Crippen molar-refractivity contribution in [2.75, 3.05) is 13.2 Å². The van der Waals surface area contributed by atoms with E-state index in [-0.39, 0.29) is 37.5 Å². The van der Waals surface area contributed by atoms with Crippen molar-refractivity contribution in [1.29, 1.82) is 0 Å². The number of carboxylic acid groups (broad SMARTS) is 1. The zero-order valence-corrected chi connectivity index (χ0v) is 19.8. The average molecular weight is 492 g/mol. The topological polar surface area (TPSA) is 148 Å². The molecular formula is C24H33N3O8. The second-order valence-electron chi connectivity index (χ2n) is 9.14. The van der Waals surface area contributed by atoms with Gasteiger partial charge >= 0.3 is 11.9 Å². The van der Waals surface area contributed by atoms with Crippen LogP contribution in [0.3, 0.4) is 0 Å². The van der Waals surface area contributed by atoms with Gasteiger partial charge in [-0.3, -0.25) is 14.9 Å². The first-order valence-electron chi connectivity index (χ1n) is 12.1. The van der Waals surface area contributed by atoms with Crippen molar-refractivity contribution in [3.8, 4) is 0 Å². The number of carbonyl (C=O) groups excluding carboxylic acids is 2.